The van der Waals surface area contributed by atoms with E-state index in [2.05, 4.69) is 56.5 Å². The molecule has 2 rings (SSSR count). The zero-order valence-corrected chi connectivity index (χ0v) is 17.5. The fraction of sp³-hybridized carbons (Fsp3) is 0.636. The molecule has 4 heteroatoms. The molecule has 1 aliphatic heterocycles. The number of nitrogens with zero attached hydrogens (tertiary/aromatic N) is 2. The Bertz CT molecular complexity index is 539. The quantitative estimate of drug-likeness (QED) is 0.390. The van der Waals surface area contributed by atoms with Crippen LogP contribution in [0.2, 0.25) is 5.02 Å². The topological polar surface area (TPSA) is 34.0 Å². The maximum absolute atomic E-state index is 6.20. The van der Waals surface area contributed by atoms with E-state index in [0.29, 0.717) is 5.92 Å². The van der Waals surface area contributed by atoms with Gasteiger partial charge in [-0.2, -0.15) is 10.2 Å². The highest BCUT2D eigenvalue weighted by molar-refractivity contribution is 6.30. The van der Waals surface area contributed by atoms with E-state index < -0.39 is 0 Å². The monoisotopic (exact) mass is 378 g/mol. The van der Waals surface area contributed by atoms with Gasteiger partial charge in [0.05, 0.1) is 0 Å². The lowest BCUT2D eigenvalue weighted by Gasteiger charge is -2.28. The summed E-state index contributed by atoms with van der Waals surface area (Å²) in [5, 5.41) is 6.87. The molecule has 0 spiro atoms. The molecule has 1 fully saturated rings. The van der Waals surface area contributed by atoms with Crippen LogP contribution in [0.4, 0.5) is 0 Å². The standard InChI is InChI=1S/C20H31ClO.C2H4N2/c1-4-16-11-17(14-22-13-16)6-5-7-18-12-20(21)9-8-19(18)10-15(2)3;1-3-4-2/h8-9,12,15-17H,4-7,10-11,13-14H2,1-3H3;1-2H2. The molecule has 0 amide bonds. The van der Waals surface area contributed by atoms with Gasteiger partial charge in [-0.15, -0.1) is 0 Å². The van der Waals surface area contributed by atoms with Gasteiger partial charge in [0.25, 0.3) is 0 Å². The van der Waals surface area contributed by atoms with Crippen molar-refractivity contribution < 1.29 is 4.74 Å². The number of rotatable bonds is 8. The molecule has 1 saturated heterocycles. The highest BCUT2D eigenvalue weighted by atomic mass is 35.5. The van der Waals surface area contributed by atoms with Crippen LogP contribution in [0, 0.1) is 17.8 Å². The predicted octanol–water partition coefficient (Wildman–Crippen LogP) is 6.23. The molecule has 1 heterocycles. The summed E-state index contributed by atoms with van der Waals surface area (Å²) in [7, 11) is 0. The minimum Gasteiger partial charge on any atom is -0.381 e. The van der Waals surface area contributed by atoms with Gasteiger partial charge >= 0.3 is 0 Å². The van der Waals surface area contributed by atoms with Crippen molar-refractivity contribution in [2.24, 2.45) is 28.0 Å². The van der Waals surface area contributed by atoms with E-state index in [-0.39, 0.29) is 0 Å². The Labute approximate surface area is 164 Å². The first kappa shape index (κ1) is 22.9. The largest absolute Gasteiger partial charge is 0.381 e. The van der Waals surface area contributed by atoms with Crippen molar-refractivity contribution in [2.75, 3.05) is 13.2 Å². The minimum absolute atomic E-state index is 0.692. The lowest BCUT2D eigenvalue weighted by Crippen LogP contribution is -2.25. The van der Waals surface area contributed by atoms with Gasteiger partial charge in [-0.3, -0.25) is 0 Å². The molecule has 1 aromatic rings. The first-order chi connectivity index (χ1) is 12.5. The second-order valence-electron chi connectivity index (χ2n) is 7.60. The third-order valence-electron chi connectivity index (χ3n) is 4.91. The number of hydrogen-bond acceptors (Lipinski definition) is 3. The summed E-state index contributed by atoms with van der Waals surface area (Å²) < 4.78 is 5.76. The summed E-state index contributed by atoms with van der Waals surface area (Å²) in [6.07, 6.45) is 7.43. The van der Waals surface area contributed by atoms with Crippen LogP contribution in [0.25, 0.3) is 0 Å². The van der Waals surface area contributed by atoms with Gasteiger partial charge in [0.15, 0.2) is 0 Å². The molecular weight excluding hydrogens is 344 g/mol. The van der Waals surface area contributed by atoms with Gasteiger partial charge in [0.1, 0.15) is 0 Å². The molecule has 0 aliphatic carbocycles. The van der Waals surface area contributed by atoms with Crippen molar-refractivity contribution >= 4 is 25.0 Å². The van der Waals surface area contributed by atoms with E-state index in [1.165, 1.54) is 36.8 Å². The third-order valence-corrected chi connectivity index (χ3v) is 5.14. The zero-order chi connectivity index (χ0) is 19.4. The zero-order valence-electron chi connectivity index (χ0n) is 16.7. The van der Waals surface area contributed by atoms with Crippen molar-refractivity contribution in [3.8, 4) is 0 Å². The smallest absolute Gasteiger partial charge is 0.0494 e. The number of hydrogen-bond donors (Lipinski definition) is 0. The van der Waals surface area contributed by atoms with Gasteiger partial charge in [-0.1, -0.05) is 44.9 Å². The van der Waals surface area contributed by atoms with Crippen LogP contribution in [-0.2, 0) is 17.6 Å². The van der Waals surface area contributed by atoms with Gasteiger partial charge in [-0.05, 0) is 73.1 Å². The van der Waals surface area contributed by atoms with E-state index in [1.54, 1.807) is 0 Å². The molecule has 0 N–H and O–H groups in total. The van der Waals surface area contributed by atoms with E-state index >= 15 is 0 Å². The first-order valence-corrected chi connectivity index (χ1v) is 10.1. The van der Waals surface area contributed by atoms with Crippen LogP contribution in [0.5, 0.6) is 0 Å². The Morgan fingerprint density at radius 2 is 1.85 bits per heavy atom. The summed E-state index contributed by atoms with van der Waals surface area (Å²) in [5.74, 6) is 2.23. The second-order valence-corrected chi connectivity index (χ2v) is 8.04. The Morgan fingerprint density at radius 1 is 1.15 bits per heavy atom. The van der Waals surface area contributed by atoms with E-state index in [4.69, 9.17) is 16.3 Å². The molecule has 0 saturated carbocycles. The van der Waals surface area contributed by atoms with E-state index in [9.17, 15) is 0 Å². The lowest BCUT2D eigenvalue weighted by molar-refractivity contribution is 0.0107. The lowest BCUT2D eigenvalue weighted by atomic mass is 9.87. The average molecular weight is 379 g/mol. The van der Waals surface area contributed by atoms with Gasteiger partial charge in [0.2, 0.25) is 0 Å². The van der Waals surface area contributed by atoms with E-state index in [1.807, 2.05) is 6.07 Å². The SMILES string of the molecule is C=NN=C.CCC1COCC(CCCc2cc(Cl)ccc2CC(C)C)C1. The maximum Gasteiger partial charge on any atom is 0.0494 e. The molecule has 146 valence electrons. The van der Waals surface area contributed by atoms with Crippen molar-refractivity contribution in [1.82, 2.24) is 0 Å². The second kappa shape index (κ2) is 13.1. The fourth-order valence-corrected chi connectivity index (χ4v) is 3.74. The van der Waals surface area contributed by atoms with Gasteiger partial charge in [0, 0.05) is 31.7 Å². The number of ether oxygens (including phenoxy) is 1. The summed E-state index contributed by atoms with van der Waals surface area (Å²) >= 11 is 6.20. The molecule has 26 heavy (non-hydrogen) atoms. The molecule has 1 aliphatic rings. The number of halogens is 1. The van der Waals surface area contributed by atoms with Crippen LogP contribution >= 0.6 is 11.6 Å². The summed E-state index contributed by atoms with van der Waals surface area (Å²) in [6, 6.07) is 6.42. The molecule has 2 atom stereocenters. The molecule has 0 radical (unpaired) electrons. The number of aryl methyl sites for hydroxylation is 1. The fourth-order valence-electron chi connectivity index (χ4n) is 3.54. The van der Waals surface area contributed by atoms with Crippen LogP contribution in [0.1, 0.15) is 57.6 Å². The van der Waals surface area contributed by atoms with Crippen LogP contribution in [0.15, 0.2) is 28.4 Å². The molecule has 0 aromatic heterocycles. The average Bonchev–Trinajstić information content (AvgIpc) is 2.64. The predicted molar refractivity (Wildman–Crippen MR) is 115 cm³/mol. The van der Waals surface area contributed by atoms with Crippen molar-refractivity contribution in [3.05, 3.63) is 34.3 Å². The van der Waals surface area contributed by atoms with Crippen molar-refractivity contribution in [1.29, 1.82) is 0 Å². The van der Waals surface area contributed by atoms with Crippen molar-refractivity contribution in [2.45, 2.75) is 59.3 Å². The highest BCUT2D eigenvalue weighted by Gasteiger charge is 2.21. The van der Waals surface area contributed by atoms with Gasteiger partial charge < -0.3 is 4.74 Å². The molecule has 0 bridgehead atoms. The molecule has 3 nitrogen and oxygen atoms in total. The maximum atomic E-state index is 6.20. The van der Waals surface area contributed by atoms with Gasteiger partial charge in [-0.25, -0.2) is 0 Å². The van der Waals surface area contributed by atoms with Crippen LogP contribution in [-0.4, -0.2) is 26.6 Å². The Hall–Kier alpha value is -1.19. The first-order valence-electron chi connectivity index (χ1n) is 9.76. The molecule has 2 unspecified atom stereocenters. The van der Waals surface area contributed by atoms with E-state index in [0.717, 1.165) is 42.9 Å². The molecular formula is C22H35ClN2O. The Balaban J connectivity index is 0.000000765. The van der Waals surface area contributed by atoms with Crippen LogP contribution < -0.4 is 0 Å². The Morgan fingerprint density at radius 3 is 2.46 bits per heavy atom. The summed E-state index contributed by atoms with van der Waals surface area (Å²) in [6.45, 7) is 14.8. The Kier molecular flexibility index (Phi) is 11.5. The number of benzene rings is 1. The summed E-state index contributed by atoms with van der Waals surface area (Å²) in [4.78, 5) is 0. The van der Waals surface area contributed by atoms with Crippen molar-refractivity contribution in [3.63, 3.8) is 0 Å². The normalized spacial score (nSPS) is 19.6. The third kappa shape index (κ3) is 8.95. The summed E-state index contributed by atoms with van der Waals surface area (Å²) in [5.41, 5.74) is 2.93. The minimum atomic E-state index is 0.692. The van der Waals surface area contributed by atoms with Crippen LogP contribution in [0.3, 0.4) is 0 Å². The highest BCUT2D eigenvalue weighted by Crippen LogP contribution is 2.27. The molecule has 1 aromatic carbocycles.